The van der Waals surface area contributed by atoms with Gasteiger partial charge < -0.3 is 16.0 Å². The summed E-state index contributed by atoms with van der Waals surface area (Å²) in [5.74, 6) is 0.260. The standard InChI is InChI=1S/C13H27N3O/c1-15-9-6-10-16(2)12(17)13(11-14)7-4-3-5-8-13/h15H,3-11,14H2,1-2H3. The van der Waals surface area contributed by atoms with Gasteiger partial charge in [-0.05, 0) is 32.9 Å². The number of carbonyl (C=O) groups excluding carboxylic acids is 1. The number of amides is 1. The molecule has 0 aliphatic heterocycles. The average molecular weight is 241 g/mol. The van der Waals surface area contributed by atoms with Crippen molar-refractivity contribution in [3.8, 4) is 0 Å². The second-order valence-electron chi connectivity index (χ2n) is 5.23. The molecule has 1 saturated carbocycles. The van der Waals surface area contributed by atoms with Crippen LogP contribution >= 0.6 is 0 Å². The van der Waals surface area contributed by atoms with Crippen LogP contribution in [0.4, 0.5) is 0 Å². The van der Waals surface area contributed by atoms with Gasteiger partial charge in [-0.15, -0.1) is 0 Å². The van der Waals surface area contributed by atoms with Gasteiger partial charge in [0.15, 0.2) is 0 Å². The van der Waals surface area contributed by atoms with Crippen molar-refractivity contribution in [3.05, 3.63) is 0 Å². The van der Waals surface area contributed by atoms with Gasteiger partial charge >= 0.3 is 0 Å². The maximum atomic E-state index is 12.5. The van der Waals surface area contributed by atoms with Crippen LogP contribution in [0.2, 0.25) is 0 Å². The molecule has 4 heteroatoms. The maximum absolute atomic E-state index is 12.5. The largest absolute Gasteiger partial charge is 0.345 e. The Morgan fingerprint density at radius 1 is 1.35 bits per heavy atom. The smallest absolute Gasteiger partial charge is 0.229 e. The molecule has 3 N–H and O–H groups in total. The second-order valence-corrected chi connectivity index (χ2v) is 5.23. The molecule has 0 heterocycles. The fraction of sp³-hybridized carbons (Fsp3) is 0.923. The van der Waals surface area contributed by atoms with Crippen molar-refractivity contribution < 1.29 is 4.79 Å². The van der Waals surface area contributed by atoms with Gasteiger partial charge in [0.05, 0.1) is 5.41 Å². The van der Waals surface area contributed by atoms with Crippen molar-refractivity contribution >= 4 is 5.91 Å². The lowest BCUT2D eigenvalue weighted by atomic mass is 9.73. The van der Waals surface area contributed by atoms with Gasteiger partial charge in [-0.2, -0.15) is 0 Å². The first-order valence-corrected chi connectivity index (χ1v) is 6.76. The first kappa shape index (κ1) is 14.5. The van der Waals surface area contributed by atoms with E-state index in [1.807, 2.05) is 19.0 Å². The van der Waals surface area contributed by atoms with E-state index in [2.05, 4.69) is 5.32 Å². The quantitative estimate of drug-likeness (QED) is 0.681. The van der Waals surface area contributed by atoms with Gasteiger partial charge in [-0.1, -0.05) is 19.3 Å². The van der Waals surface area contributed by atoms with Gasteiger partial charge in [-0.3, -0.25) is 4.79 Å². The van der Waals surface area contributed by atoms with E-state index >= 15 is 0 Å². The Bertz CT molecular complexity index is 237. The summed E-state index contributed by atoms with van der Waals surface area (Å²) in [7, 11) is 3.84. The number of rotatable bonds is 6. The molecule has 17 heavy (non-hydrogen) atoms. The Morgan fingerprint density at radius 2 is 2.00 bits per heavy atom. The molecule has 0 aromatic heterocycles. The maximum Gasteiger partial charge on any atom is 0.229 e. The lowest BCUT2D eigenvalue weighted by molar-refractivity contribution is -0.142. The van der Waals surface area contributed by atoms with Crippen LogP contribution in [0, 0.1) is 5.41 Å². The lowest BCUT2D eigenvalue weighted by Gasteiger charge is -2.37. The van der Waals surface area contributed by atoms with E-state index in [0.717, 1.165) is 45.2 Å². The minimum atomic E-state index is -0.257. The van der Waals surface area contributed by atoms with Gasteiger partial charge in [0.25, 0.3) is 0 Å². The number of hydrogen-bond donors (Lipinski definition) is 2. The summed E-state index contributed by atoms with van der Waals surface area (Å²) < 4.78 is 0. The van der Waals surface area contributed by atoms with Crippen LogP contribution < -0.4 is 11.1 Å². The van der Waals surface area contributed by atoms with Crippen molar-refractivity contribution in [2.45, 2.75) is 38.5 Å². The summed E-state index contributed by atoms with van der Waals surface area (Å²) in [4.78, 5) is 14.3. The third-order valence-electron chi connectivity index (χ3n) is 3.92. The Morgan fingerprint density at radius 3 is 2.53 bits per heavy atom. The molecule has 0 atom stereocenters. The van der Waals surface area contributed by atoms with Crippen LogP contribution in [0.5, 0.6) is 0 Å². The first-order chi connectivity index (χ1) is 8.16. The minimum Gasteiger partial charge on any atom is -0.345 e. The normalized spacial score (nSPS) is 19.0. The lowest BCUT2D eigenvalue weighted by Crippen LogP contribution is -2.48. The first-order valence-electron chi connectivity index (χ1n) is 6.76. The molecule has 0 bridgehead atoms. The third kappa shape index (κ3) is 3.68. The Kier molecular flexibility index (Phi) is 5.92. The summed E-state index contributed by atoms with van der Waals surface area (Å²) in [5.41, 5.74) is 5.61. The molecule has 0 aromatic rings. The van der Waals surface area contributed by atoms with E-state index in [0.29, 0.717) is 6.54 Å². The molecule has 1 amide bonds. The highest BCUT2D eigenvalue weighted by atomic mass is 16.2. The van der Waals surface area contributed by atoms with Crippen molar-refractivity contribution in [2.24, 2.45) is 11.1 Å². The predicted octanol–water partition coefficient (Wildman–Crippen LogP) is 0.964. The van der Waals surface area contributed by atoms with Crippen LogP contribution in [-0.2, 0) is 4.79 Å². The number of carbonyl (C=O) groups is 1. The average Bonchev–Trinajstić information content (AvgIpc) is 2.38. The van der Waals surface area contributed by atoms with E-state index in [9.17, 15) is 4.79 Å². The highest BCUT2D eigenvalue weighted by Crippen LogP contribution is 2.36. The van der Waals surface area contributed by atoms with Crippen molar-refractivity contribution in [1.82, 2.24) is 10.2 Å². The molecule has 4 nitrogen and oxygen atoms in total. The second kappa shape index (κ2) is 6.97. The monoisotopic (exact) mass is 241 g/mol. The van der Waals surface area contributed by atoms with Gasteiger partial charge in [0.1, 0.15) is 0 Å². The summed E-state index contributed by atoms with van der Waals surface area (Å²) in [6.07, 6.45) is 6.48. The Labute approximate surface area is 105 Å². The van der Waals surface area contributed by atoms with E-state index in [4.69, 9.17) is 5.73 Å². The van der Waals surface area contributed by atoms with E-state index in [1.165, 1.54) is 6.42 Å². The third-order valence-corrected chi connectivity index (χ3v) is 3.92. The number of hydrogen-bond acceptors (Lipinski definition) is 3. The zero-order valence-electron chi connectivity index (χ0n) is 11.3. The summed E-state index contributed by atoms with van der Waals surface area (Å²) in [5, 5.41) is 3.10. The van der Waals surface area contributed by atoms with Gasteiger partial charge in [-0.25, -0.2) is 0 Å². The fourth-order valence-electron chi connectivity index (χ4n) is 2.73. The molecule has 0 radical (unpaired) electrons. The molecule has 0 aromatic carbocycles. The fourth-order valence-corrected chi connectivity index (χ4v) is 2.73. The molecule has 0 spiro atoms. The van der Waals surface area contributed by atoms with Crippen LogP contribution in [0.25, 0.3) is 0 Å². The molecule has 0 saturated heterocycles. The van der Waals surface area contributed by atoms with Crippen molar-refractivity contribution in [3.63, 3.8) is 0 Å². The number of nitrogens with one attached hydrogen (secondary N) is 1. The molecule has 100 valence electrons. The minimum absolute atomic E-state index is 0.257. The molecule has 0 unspecified atom stereocenters. The molecular formula is C13H27N3O. The van der Waals surface area contributed by atoms with Crippen molar-refractivity contribution in [1.29, 1.82) is 0 Å². The van der Waals surface area contributed by atoms with Crippen molar-refractivity contribution in [2.75, 3.05) is 33.7 Å². The predicted molar refractivity (Wildman–Crippen MR) is 70.8 cm³/mol. The SMILES string of the molecule is CNCCCN(C)C(=O)C1(CN)CCCCC1. The topological polar surface area (TPSA) is 58.4 Å². The van der Waals surface area contributed by atoms with Gasteiger partial charge in [0, 0.05) is 20.1 Å². The molecular weight excluding hydrogens is 214 g/mol. The zero-order valence-corrected chi connectivity index (χ0v) is 11.3. The van der Waals surface area contributed by atoms with E-state index in [-0.39, 0.29) is 11.3 Å². The Balaban J connectivity index is 2.52. The Hall–Kier alpha value is -0.610. The summed E-state index contributed by atoms with van der Waals surface area (Å²) in [6, 6.07) is 0. The zero-order chi connectivity index (χ0) is 12.7. The molecule has 1 aliphatic carbocycles. The van der Waals surface area contributed by atoms with Crippen LogP contribution in [0.3, 0.4) is 0 Å². The van der Waals surface area contributed by atoms with Crippen LogP contribution in [0.1, 0.15) is 38.5 Å². The number of nitrogens with two attached hydrogens (primary N) is 1. The number of nitrogens with zero attached hydrogens (tertiary/aromatic N) is 1. The van der Waals surface area contributed by atoms with E-state index < -0.39 is 0 Å². The molecule has 1 aliphatic rings. The summed E-state index contributed by atoms with van der Waals surface area (Å²) in [6.45, 7) is 2.27. The van der Waals surface area contributed by atoms with Crippen LogP contribution in [-0.4, -0.2) is 44.5 Å². The highest BCUT2D eigenvalue weighted by Gasteiger charge is 2.39. The molecule has 1 fully saturated rings. The van der Waals surface area contributed by atoms with Crippen LogP contribution in [0.15, 0.2) is 0 Å². The van der Waals surface area contributed by atoms with E-state index in [1.54, 1.807) is 0 Å². The highest BCUT2D eigenvalue weighted by molar-refractivity contribution is 5.82. The molecule has 1 rings (SSSR count). The summed E-state index contributed by atoms with van der Waals surface area (Å²) >= 11 is 0. The van der Waals surface area contributed by atoms with Gasteiger partial charge in [0.2, 0.25) is 5.91 Å².